The van der Waals surface area contributed by atoms with Crippen molar-refractivity contribution in [2.45, 2.75) is 32.2 Å². The van der Waals surface area contributed by atoms with Gasteiger partial charge < -0.3 is 14.1 Å². The van der Waals surface area contributed by atoms with Gasteiger partial charge in [0, 0.05) is 15.4 Å². The van der Waals surface area contributed by atoms with Crippen LogP contribution in [-0.2, 0) is 19.4 Å². The Morgan fingerprint density at radius 3 is 2.57 bits per heavy atom. The van der Waals surface area contributed by atoms with Crippen molar-refractivity contribution >= 4 is 55.8 Å². The standard InChI is InChI=1S/C21H16BrCl2NO3/c22-11-5-6-18(16(23)7-11)25-9-15-19-14(8-17(24)20(15)27-10-25)12-3-1-2-4-13(12)21(26)28-19/h5-8H,1-4,9-10H2. The molecule has 0 saturated carbocycles. The van der Waals surface area contributed by atoms with E-state index in [1.165, 1.54) is 0 Å². The second-order valence-electron chi connectivity index (χ2n) is 7.16. The molecular weight excluding hydrogens is 465 g/mol. The first-order valence-electron chi connectivity index (χ1n) is 9.15. The first-order valence-corrected chi connectivity index (χ1v) is 10.7. The molecule has 0 unspecified atom stereocenters. The molecule has 0 radical (unpaired) electrons. The fourth-order valence-corrected chi connectivity index (χ4v) is 5.23. The number of aryl methyl sites for hydroxylation is 1. The van der Waals surface area contributed by atoms with Gasteiger partial charge in [-0.25, -0.2) is 4.79 Å². The van der Waals surface area contributed by atoms with E-state index in [1.807, 2.05) is 29.2 Å². The summed E-state index contributed by atoms with van der Waals surface area (Å²) in [6, 6.07) is 7.60. The van der Waals surface area contributed by atoms with E-state index in [1.54, 1.807) is 0 Å². The van der Waals surface area contributed by atoms with Crippen molar-refractivity contribution in [1.29, 1.82) is 0 Å². The van der Waals surface area contributed by atoms with Crippen LogP contribution in [0.1, 0.15) is 29.5 Å². The molecule has 2 aliphatic rings. The van der Waals surface area contributed by atoms with Crippen molar-refractivity contribution in [3.63, 3.8) is 0 Å². The second-order valence-corrected chi connectivity index (χ2v) is 8.89. The van der Waals surface area contributed by atoms with Crippen LogP contribution in [0.5, 0.6) is 5.75 Å². The Balaban J connectivity index is 1.69. The van der Waals surface area contributed by atoms with E-state index in [9.17, 15) is 4.79 Å². The molecule has 0 bridgehead atoms. The summed E-state index contributed by atoms with van der Waals surface area (Å²) in [5.41, 5.74) is 3.83. The van der Waals surface area contributed by atoms with Gasteiger partial charge in [-0.3, -0.25) is 0 Å². The smallest absolute Gasteiger partial charge is 0.339 e. The molecule has 4 nitrogen and oxygen atoms in total. The number of hydrogen-bond donors (Lipinski definition) is 0. The lowest BCUT2D eigenvalue weighted by Crippen LogP contribution is -2.32. The Hall–Kier alpha value is -1.69. The Morgan fingerprint density at radius 1 is 1.00 bits per heavy atom. The summed E-state index contributed by atoms with van der Waals surface area (Å²) in [6.45, 7) is 0.810. The summed E-state index contributed by atoms with van der Waals surface area (Å²) in [7, 11) is 0. The van der Waals surface area contributed by atoms with Gasteiger partial charge in [0.2, 0.25) is 0 Å². The van der Waals surface area contributed by atoms with E-state index in [4.69, 9.17) is 32.4 Å². The largest absolute Gasteiger partial charge is 0.471 e. The Kier molecular flexibility index (Phi) is 4.57. The van der Waals surface area contributed by atoms with E-state index < -0.39 is 0 Å². The highest BCUT2D eigenvalue weighted by atomic mass is 79.9. The lowest BCUT2D eigenvalue weighted by atomic mass is 9.90. The van der Waals surface area contributed by atoms with Crippen LogP contribution in [-0.4, -0.2) is 6.73 Å². The van der Waals surface area contributed by atoms with Crippen molar-refractivity contribution in [1.82, 2.24) is 0 Å². The van der Waals surface area contributed by atoms with E-state index in [0.29, 0.717) is 34.7 Å². The summed E-state index contributed by atoms with van der Waals surface area (Å²) < 4.78 is 12.7. The van der Waals surface area contributed by atoms with E-state index in [-0.39, 0.29) is 5.63 Å². The van der Waals surface area contributed by atoms with Crippen molar-refractivity contribution in [2.24, 2.45) is 0 Å². The molecule has 1 aliphatic heterocycles. The zero-order valence-corrected chi connectivity index (χ0v) is 18.0. The van der Waals surface area contributed by atoms with Crippen molar-refractivity contribution in [2.75, 3.05) is 11.6 Å². The first-order chi connectivity index (χ1) is 13.5. The molecule has 0 fully saturated rings. The van der Waals surface area contributed by atoms with Gasteiger partial charge in [-0.05, 0) is 55.5 Å². The Labute approximate surface area is 180 Å². The lowest BCUT2D eigenvalue weighted by Gasteiger charge is -2.32. The fourth-order valence-electron chi connectivity index (χ4n) is 4.16. The summed E-state index contributed by atoms with van der Waals surface area (Å²) in [5, 5.41) is 2.09. The quantitative estimate of drug-likeness (QED) is 0.395. The number of benzene rings is 2. The normalized spacial score (nSPS) is 15.9. The number of ether oxygens (including phenoxy) is 1. The van der Waals surface area contributed by atoms with Crippen LogP contribution in [0.3, 0.4) is 0 Å². The SMILES string of the molecule is O=c1oc2c3c(c(Cl)cc2c2c1CCCC2)OCN(c1ccc(Br)cc1Cl)C3. The monoisotopic (exact) mass is 479 g/mol. The van der Waals surface area contributed by atoms with Gasteiger partial charge >= 0.3 is 5.63 Å². The average Bonchev–Trinajstić information content (AvgIpc) is 2.69. The van der Waals surface area contributed by atoms with Crippen molar-refractivity contribution < 1.29 is 9.15 Å². The summed E-state index contributed by atoms with van der Waals surface area (Å²) >= 11 is 16.4. The van der Waals surface area contributed by atoms with Crippen LogP contribution in [0.2, 0.25) is 10.0 Å². The number of nitrogens with zero attached hydrogens (tertiary/aromatic N) is 1. The van der Waals surface area contributed by atoms with Gasteiger partial charge in [0.25, 0.3) is 0 Å². The third-order valence-corrected chi connectivity index (χ3v) is 6.56. The second kappa shape index (κ2) is 6.97. The van der Waals surface area contributed by atoms with E-state index in [2.05, 4.69) is 15.9 Å². The maximum Gasteiger partial charge on any atom is 0.339 e. The van der Waals surface area contributed by atoms with Crippen LogP contribution < -0.4 is 15.3 Å². The highest BCUT2D eigenvalue weighted by molar-refractivity contribution is 9.10. The molecule has 0 amide bonds. The van der Waals surface area contributed by atoms with Crippen LogP contribution in [0, 0.1) is 0 Å². The zero-order chi connectivity index (χ0) is 19.4. The van der Waals surface area contributed by atoms with Gasteiger partial charge in [-0.1, -0.05) is 39.1 Å². The van der Waals surface area contributed by atoms with Crippen LogP contribution in [0.4, 0.5) is 5.69 Å². The summed E-state index contributed by atoms with van der Waals surface area (Å²) in [4.78, 5) is 14.6. The van der Waals surface area contributed by atoms with Gasteiger partial charge in [0.05, 0.1) is 27.8 Å². The molecule has 1 aliphatic carbocycles. The minimum Gasteiger partial charge on any atom is -0.471 e. The predicted molar refractivity (Wildman–Crippen MR) is 115 cm³/mol. The van der Waals surface area contributed by atoms with Crippen LogP contribution in [0.15, 0.2) is 37.9 Å². The third-order valence-electron chi connectivity index (χ3n) is 5.48. The van der Waals surface area contributed by atoms with Gasteiger partial charge in [-0.15, -0.1) is 0 Å². The Morgan fingerprint density at radius 2 is 1.79 bits per heavy atom. The molecule has 3 aromatic rings. The first kappa shape index (κ1) is 18.3. The fraction of sp³-hybridized carbons (Fsp3) is 0.286. The highest BCUT2D eigenvalue weighted by Crippen LogP contribution is 2.42. The third kappa shape index (κ3) is 2.92. The molecule has 2 aromatic carbocycles. The number of anilines is 1. The number of hydrogen-bond acceptors (Lipinski definition) is 4. The lowest BCUT2D eigenvalue weighted by molar-refractivity contribution is 0.289. The molecule has 0 spiro atoms. The zero-order valence-electron chi connectivity index (χ0n) is 14.9. The topological polar surface area (TPSA) is 42.7 Å². The minimum absolute atomic E-state index is 0.245. The summed E-state index contributed by atoms with van der Waals surface area (Å²) in [6.07, 6.45) is 3.72. The number of fused-ring (bicyclic) bond motifs is 5. The molecule has 144 valence electrons. The Bertz CT molecular complexity index is 1170. The maximum atomic E-state index is 12.6. The molecule has 2 heterocycles. The molecule has 7 heteroatoms. The average molecular weight is 481 g/mol. The maximum absolute atomic E-state index is 12.6. The highest BCUT2D eigenvalue weighted by Gasteiger charge is 2.28. The minimum atomic E-state index is -0.245. The van der Waals surface area contributed by atoms with E-state index >= 15 is 0 Å². The van der Waals surface area contributed by atoms with Crippen LogP contribution in [0.25, 0.3) is 11.0 Å². The molecule has 5 rings (SSSR count). The number of halogens is 3. The van der Waals surface area contributed by atoms with Crippen molar-refractivity contribution in [3.8, 4) is 5.75 Å². The molecule has 0 N–H and O–H groups in total. The van der Waals surface area contributed by atoms with E-state index in [0.717, 1.165) is 57.9 Å². The molecule has 1 aromatic heterocycles. The predicted octanol–water partition coefficient (Wildman–Crippen LogP) is 6.10. The number of rotatable bonds is 1. The van der Waals surface area contributed by atoms with Crippen molar-refractivity contribution in [3.05, 3.63) is 65.9 Å². The molecule has 0 atom stereocenters. The van der Waals surface area contributed by atoms with Gasteiger partial charge in [0.1, 0.15) is 11.3 Å². The van der Waals surface area contributed by atoms with Gasteiger partial charge in [-0.2, -0.15) is 0 Å². The van der Waals surface area contributed by atoms with Crippen LogP contribution >= 0.6 is 39.1 Å². The molecule has 0 saturated heterocycles. The summed E-state index contributed by atoms with van der Waals surface area (Å²) in [5.74, 6) is 0.581. The van der Waals surface area contributed by atoms with Gasteiger partial charge in [0.15, 0.2) is 6.73 Å². The molecular formula is C21H16BrCl2NO3. The molecule has 28 heavy (non-hydrogen) atoms.